The number of hydrogen-bond donors (Lipinski definition) is 0. The second kappa shape index (κ2) is 4.55. The average Bonchev–Trinajstić information content (AvgIpc) is 2.40. The normalized spacial score (nSPS) is 10.6. The number of fused-ring (bicyclic) bond motifs is 1. The van der Waals surface area contributed by atoms with Gasteiger partial charge in [0.25, 0.3) is 0 Å². The Labute approximate surface area is 104 Å². The summed E-state index contributed by atoms with van der Waals surface area (Å²) in [5.41, 5.74) is 0.938. The summed E-state index contributed by atoms with van der Waals surface area (Å²) in [4.78, 5) is 2.35. The monoisotopic (exact) mass is 238 g/mol. The standard InChI is InChI=1S/C14H10N2S/c1-2-6-11(7-3-1)17-14-10-15-16-13-9-5-4-8-12(13)14/h1-10H. The van der Waals surface area contributed by atoms with Crippen LogP contribution in [-0.2, 0) is 0 Å². The molecule has 0 saturated carbocycles. The molecule has 0 fully saturated rings. The van der Waals surface area contributed by atoms with Gasteiger partial charge in [-0.3, -0.25) is 0 Å². The zero-order chi connectivity index (χ0) is 11.5. The van der Waals surface area contributed by atoms with E-state index in [1.807, 2.05) is 42.6 Å². The highest BCUT2D eigenvalue weighted by Gasteiger charge is 2.03. The van der Waals surface area contributed by atoms with Crippen LogP contribution in [0, 0.1) is 0 Å². The van der Waals surface area contributed by atoms with E-state index < -0.39 is 0 Å². The van der Waals surface area contributed by atoms with E-state index in [1.54, 1.807) is 11.8 Å². The summed E-state index contributed by atoms with van der Waals surface area (Å²) >= 11 is 1.71. The lowest BCUT2D eigenvalue weighted by Crippen LogP contribution is -1.85. The number of rotatable bonds is 2. The third-order valence-electron chi connectivity index (χ3n) is 2.48. The quantitative estimate of drug-likeness (QED) is 0.679. The Morgan fingerprint density at radius 2 is 1.59 bits per heavy atom. The SMILES string of the molecule is c1ccc(Sc2cnnc3ccccc23)cc1. The number of aromatic nitrogens is 2. The van der Waals surface area contributed by atoms with Crippen LogP contribution in [0.5, 0.6) is 0 Å². The maximum absolute atomic E-state index is 4.12. The molecule has 0 spiro atoms. The second-order valence-electron chi connectivity index (χ2n) is 3.64. The van der Waals surface area contributed by atoms with E-state index in [4.69, 9.17) is 0 Å². The van der Waals surface area contributed by atoms with Gasteiger partial charge in [-0.05, 0) is 18.2 Å². The van der Waals surface area contributed by atoms with Gasteiger partial charge >= 0.3 is 0 Å². The van der Waals surface area contributed by atoms with Gasteiger partial charge in [-0.1, -0.05) is 48.2 Å². The lowest BCUT2D eigenvalue weighted by atomic mass is 10.2. The minimum absolute atomic E-state index is 0.938. The van der Waals surface area contributed by atoms with Crippen LogP contribution in [0.3, 0.4) is 0 Å². The summed E-state index contributed by atoms with van der Waals surface area (Å²) in [7, 11) is 0. The summed E-state index contributed by atoms with van der Waals surface area (Å²) in [5.74, 6) is 0. The first-order valence-electron chi connectivity index (χ1n) is 5.37. The van der Waals surface area contributed by atoms with Crippen LogP contribution < -0.4 is 0 Å². The second-order valence-corrected chi connectivity index (χ2v) is 4.76. The molecule has 0 aliphatic heterocycles. The highest BCUT2D eigenvalue weighted by molar-refractivity contribution is 7.99. The van der Waals surface area contributed by atoms with Crippen molar-refractivity contribution in [3.8, 4) is 0 Å². The number of hydrogen-bond acceptors (Lipinski definition) is 3. The van der Waals surface area contributed by atoms with Gasteiger partial charge in [0, 0.05) is 15.2 Å². The van der Waals surface area contributed by atoms with Crippen LogP contribution in [0.1, 0.15) is 0 Å². The molecule has 0 amide bonds. The predicted molar refractivity (Wildman–Crippen MR) is 70.1 cm³/mol. The minimum atomic E-state index is 0.938. The molecule has 2 nitrogen and oxygen atoms in total. The maximum Gasteiger partial charge on any atom is 0.0941 e. The summed E-state index contributed by atoms with van der Waals surface area (Å²) in [6.07, 6.45) is 1.82. The Bertz CT molecular complexity index is 633. The maximum atomic E-state index is 4.12. The van der Waals surface area contributed by atoms with Crippen molar-refractivity contribution in [1.82, 2.24) is 10.2 Å². The molecule has 17 heavy (non-hydrogen) atoms. The Morgan fingerprint density at radius 3 is 2.47 bits per heavy atom. The Hall–Kier alpha value is -1.87. The van der Waals surface area contributed by atoms with E-state index in [0.29, 0.717) is 0 Å². The zero-order valence-corrected chi connectivity index (χ0v) is 9.89. The van der Waals surface area contributed by atoms with Crippen molar-refractivity contribution >= 4 is 22.7 Å². The summed E-state index contributed by atoms with van der Waals surface area (Å²) < 4.78 is 0. The van der Waals surface area contributed by atoms with E-state index in [9.17, 15) is 0 Å². The zero-order valence-electron chi connectivity index (χ0n) is 9.08. The third-order valence-corrected chi connectivity index (χ3v) is 3.53. The smallest absolute Gasteiger partial charge is 0.0941 e. The van der Waals surface area contributed by atoms with Crippen LogP contribution >= 0.6 is 11.8 Å². The highest BCUT2D eigenvalue weighted by atomic mass is 32.2. The molecular weight excluding hydrogens is 228 g/mol. The molecule has 82 valence electrons. The third kappa shape index (κ3) is 2.15. The molecule has 0 radical (unpaired) electrons. The summed E-state index contributed by atoms with van der Waals surface area (Å²) in [5, 5.41) is 9.31. The van der Waals surface area contributed by atoms with Crippen molar-refractivity contribution in [2.45, 2.75) is 9.79 Å². The topological polar surface area (TPSA) is 25.8 Å². The van der Waals surface area contributed by atoms with E-state index in [-0.39, 0.29) is 0 Å². The van der Waals surface area contributed by atoms with Gasteiger partial charge in [-0.25, -0.2) is 0 Å². The molecule has 0 saturated heterocycles. The van der Waals surface area contributed by atoms with Crippen LogP contribution in [0.15, 0.2) is 70.6 Å². The van der Waals surface area contributed by atoms with Gasteiger partial charge in [0.05, 0.1) is 11.7 Å². The first kappa shape index (κ1) is 10.3. The van der Waals surface area contributed by atoms with Gasteiger partial charge in [0.15, 0.2) is 0 Å². The van der Waals surface area contributed by atoms with E-state index in [0.717, 1.165) is 15.8 Å². The number of nitrogens with zero attached hydrogens (tertiary/aromatic N) is 2. The minimum Gasteiger partial charge on any atom is -0.157 e. The highest BCUT2D eigenvalue weighted by Crippen LogP contribution is 2.31. The van der Waals surface area contributed by atoms with Crippen LogP contribution in [-0.4, -0.2) is 10.2 Å². The molecule has 3 aromatic rings. The molecule has 0 aliphatic carbocycles. The van der Waals surface area contributed by atoms with Gasteiger partial charge in [0.2, 0.25) is 0 Å². The van der Waals surface area contributed by atoms with Gasteiger partial charge in [-0.15, -0.1) is 0 Å². The van der Waals surface area contributed by atoms with Crippen molar-refractivity contribution in [3.05, 3.63) is 60.8 Å². The number of benzene rings is 2. The van der Waals surface area contributed by atoms with Crippen molar-refractivity contribution in [3.63, 3.8) is 0 Å². The molecule has 3 rings (SSSR count). The Morgan fingerprint density at radius 1 is 0.824 bits per heavy atom. The molecule has 0 N–H and O–H groups in total. The Balaban J connectivity index is 2.06. The van der Waals surface area contributed by atoms with E-state index in [2.05, 4.69) is 28.4 Å². The van der Waals surface area contributed by atoms with Crippen LogP contribution in [0.4, 0.5) is 0 Å². The van der Waals surface area contributed by atoms with E-state index >= 15 is 0 Å². The van der Waals surface area contributed by atoms with Crippen molar-refractivity contribution < 1.29 is 0 Å². The first-order valence-corrected chi connectivity index (χ1v) is 6.18. The first-order chi connectivity index (χ1) is 8.43. The Kier molecular flexibility index (Phi) is 2.76. The van der Waals surface area contributed by atoms with E-state index in [1.165, 1.54) is 4.90 Å². The lowest BCUT2D eigenvalue weighted by molar-refractivity contribution is 1.05. The average molecular weight is 238 g/mol. The molecule has 3 heteroatoms. The molecule has 0 aliphatic rings. The molecular formula is C14H10N2S. The predicted octanol–water partition coefficient (Wildman–Crippen LogP) is 3.78. The summed E-state index contributed by atoms with van der Waals surface area (Å²) in [6.45, 7) is 0. The van der Waals surface area contributed by atoms with Gasteiger partial charge in [0.1, 0.15) is 0 Å². The fraction of sp³-hybridized carbons (Fsp3) is 0. The molecule has 0 atom stereocenters. The molecule has 1 heterocycles. The summed E-state index contributed by atoms with van der Waals surface area (Å²) in [6, 6.07) is 18.4. The molecule has 0 unspecified atom stereocenters. The van der Waals surface area contributed by atoms with Crippen molar-refractivity contribution in [2.75, 3.05) is 0 Å². The lowest BCUT2D eigenvalue weighted by Gasteiger charge is -2.04. The fourth-order valence-corrected chi connectivity index (χ4v) is 2.61. The molecule has 1 aromatic heterocycles. The van der Waals surface area contributed by atoms with Crippen molar-refractivity contribution in [1.29, 1.82) is 0 Å². The largest absolute Gasteiger partial charge is 0.157 e. The molecule has 2 aromatic carbocycles. The van der Waals surface area contributed by atoms with Gasteiger partial charge in [-0.2, -0.15) is 10.2 Å². The molecule has 0 bridgehead atoms. The van der Waals surface area contributed by atoms with Crippen molar-refractivity contribution in [2.24, 2.45) is 0 Å². The van der Waals surface area contributed by atoms with Crippen LogP contribution in [0.25, 0.3) is 10.9 Å². The fourth-order valence-electron chi connectivity index (χ4n) is 1.68. The van der Waals surface area contributed by atoms with Gasteiger partial charge < -0.3 is 0 Å². The van der Waals surface area contributed by atoms with Crippen LogP contribution in [0.2, 0.25) is 0 Å².